The van der Waals surface area contributed by atoms with Gasteiger partial charge in [0.2, 0.25) is 0 Å². The SMILES string of the molecule is COCCCOCCNCCCSC. The molecule has 0 fully saturated rings. The third kappa shape index (κ3) is 12.2. The highest BCUT2D eigenvalue weighted by molar-refractivity contribution is 7.98. The van der Waals surface area contributed by atoms with Gasteiger partial charge in [0.15, 0.2) is 0 Å². The molecular weight excluding hydrogens is 198 g/mol. The van der Waals surface area contributed by atoms with Crippen LogP contribution in [0, 0.1) is 0 Å². The van der Waals surface area contributed by atoms with E-state index in [-0.39, 0.29) is 0 Å². The van der Waals surface area contributed by atoms with Gasteiger partial charge >= 0.3 is 0 Å². The minimum atomic E-state index is 0.793. The fourth-order valence-electron chi connectivity index (χ4n) is 1.02. The van der Waals surface area contributed by atoms with Crippen molar-refractivity contribution in [1.82, 2.24) is 5.32 Å². The van der Waals surface area contributed by atoms with Crippen LogP contribution in [0.5, 0.6) is 0 Å². The molecule has 0 aliphatic rings. The number of methoxy groups -OCH3 is 1. The molecule has 0 bridgehead atoms. The Labute approximate surface area is 91.9 Å². The predicted molar refractivity (Wildman–Crippen MR) is 63.2 cm³/mol. The zero-order chi connectivity index (χ0) is 10.5. The van der Waals surface area contributed by atoms with Gasteiger partial charge in [0.05, 0.1) is 6.61 Å². The van der Waals surface area contributed by atoms with E-state index < -0.39 is 0 Å². The van der Waals surface area contributed by atoms with E-state index in [0.717, 1.165) is 39.3 Å². The highest BCUT2D eigenvalue weighted by Crippen LogP contribution is 1.92. The summed E-state index contributed by atoms with van der Waals surface area (Å²) in [6.07, 6.45) is 4.37. The van der Waals surface area contributed by atoms with Gasteiger partial charge in [0, 0.05) is 26.9 Å². The topological polar surface area (TPSA) is 30.5 Å². The number of ether oxygens (including phenoxy) is 2. The van der Waals surface area contributed by atoms with Crippen molar-refractivity contribution in [3.63, 3.8) is 0 Å². The van der Waals surface area contributed by atoms with E-state index in [1.165, 1.54) is 12.2 Å². The molecule has 86 valence electrons. The third-order valence-electron chi connectivity index (χ3n) is 1.76. The standard InChI is InChI=1S/C10H23NO2S/c1-12-7-4-8-13-9-6-11-5-3-10-14-2/h11H,3-10H2,1-2H3. The summed E-state index contributed by atoms with van der Waals surface area (Å²) in [6, 6.07) is 0. The fraction of sp³-hybridized carbons (Fsp3) is 1.00. The van der Waals surface area contributed by atoms with Crippen LogP contribution < -0.4 is 5.32 Å². The van der Waals surface area contributed by atoms with Gasteiger partial charge in [-0.3, -0.25) is 0 Å². The van der Waals surface area contributed by atoms with Gasteiger partial charge in [-0.2, -0.15) is 11.8 Å². The van der Waals surface area contributed by atoms with Crippen LogP contribution in [0.2, 0.25) is 0 Å². The lowest BCUT2D eigenvalue weighted by Crippen LogP contribution is -2.21. The molecular formula is C10H23NO2S. The Bertz CT molecular complexity index is 92.1. The Morgan fingerprint density at radius 1 is 1.07 bits per heavy atom. The van der Waals surface area contributed by atoms with Crippen LogP contribution in [0.3, 0.4) is 0 Å². The average Bonchev–Trinajstić information content (AvgIpc) is 2.21. The molecule has 0 radical (unpaired) electrons. The molecule has 0 saturated carbocycles. The highest BCUT2D eigenvalue weighted by atomic mass is 32.2. The first kappa shape index (κ1) is 14.2. The van der Waals surface area contributed by atoms with Gasteiger partial charge in [-0.1, -0.05) is 0 Å². The van der Waals surface area contributed by atoms with Gasteiger partial charge in [-0.15, -0.1) is 0 Å². The van der Waals surface area contributed by atoms with Gasteiger partial charge < -0.3 is 14.8 Å². The van der Waals surface area contributed by atoms with Crippen LogP contribution in [0.4, 0.5) is 0 Å². The van der Waals surface area contributed by atoms with Gasteiger partial charge in [-0.05, 0) is 31.4 Å². The maximum absolute atomic E-state index is 5.39. The monoisotopic (exact) mass is 221 g/mol. The lowest BCUT2D eigenvalue weighted by Gasteiger charge is -2.05. The van der Waals surface area contributed by atoms with Crippen LogP contribution in [-0.4, -0.2) is 52.0 Å². The lowest BCUT2D eigenvalue weighted by atomic mass is 10.4. The molecule has 0 atom stereocenters. The van der Waals surface area contributed by atoms with Crippen LogP contribution in [-0.2, 0) is 9.47 Å². The Hall–Kier alpha value is 0.230. The molecule has 0 aromatic heterocycles. The normalized spacial score (nSPS) is 10.7. The molecule has 0 rings (SSSR count). The first-order chi connectivity index (χ1) is 6.91. The van der Waals surface area contributed by atoms with Crippen molar-refractivity contribution in [3.8, 4) is 0 Å². The molecule has 4 heteroatoms. The van der Waals surface area contributed by atoms with Gasteiger partial charge in [0.25, 0.3) is 0 Å². The Morgan fingerprint density at radius 3 is 2.64 bits per heavy atom. The summed E-state index contributed by atoms with van der Waals surface area (Å²) < 4.78 is 10.3. The predicted octanol–water partition coefficient (Wildman–Crippen LogP) is 1.38. The van der Waals surface area contributed by atoms with Crippen LogP contribution in [0.1, 0.15) is 12.8 Å². The molecule has 0 heterocycles. The summed E-state index contributed by atoms with van der Waals surface area (Å²) in [5.41, 5.74) is 0. The molecule has 0 aliphatic heterocycles. The van der Waals surface area contributed by atoms with E-state index in [1.807, 2.05) is 11.8 Å². The van der Waals surface area contributed by atoms with Crippen molar-refractivity contribution in [1.29, 1.82) is 0 Å². The van der Waals surface area contributed by atoms with E-state index in [1.54, 1.807) is 7.11 Å². The molecule has 0 aromatic rings. The summed E-state index contributed by atoms with van der Waals surface area (Å²) in [4.78, 5) is 0. The minimum absolute atomic E-state index is 0.793. The smallest absolute Gasteiger partial charge is 0.0590 e. The molecule has 3 nitrogen and oxygen atoms in total. The van der Waals surface area contributed by atoms with Gasteiger partial charge in [0.1, 0.15) is 0 Å². The second-order valence-electron chi connectivity index (χ2n) is 3.06. The van der Waals surface area contributed by atoms with Crippen molar-refractivity contribution in [2.45, 2.75) is 12.8 Å². The number of hydrogen-bond acceptors (Lipinski definition) is 4. The fourth-order valence-corrected chi connectivity index (χ4v) is 1.45. The molecule has 0 unspecified atom stereocenters. The Balaban J connectivity index is 2.78. The Morgan fingerprint density at radius 2 is 1.93 bits per heavy atom. The molecule has 0 aliphatic carbocycles. The van der Waals surface area contributed by atoms with Crippen LogP contribution in [0.15, 0.2) is 0 Å². The number of nitrogens with one attached hydrogen (secondary N) is 1. The first-order valence-corrected chi connectivity index (χ1v) is 6.57. The average molecular weight is 221 g/mol. The second-order valence-corrected chi connectivity index (χ2v) is 4.04. The zero-order valence-corrected chi connectivity index (χ0v) is 10.2. The van der Waals surface area contributed by atoms with E-state index in [2.05, 4.69) is 11.6 Å². The lowest BCUT2D eigenvalue weighted by molar-refractivity contribution is 0.104. The maximum atomic E-state index is 5.39. The summed E-state index contributed by atoms with van der Waals surface area (Å²) in [6.45, 7) is 4.47. The first-order valence-electron chi connectivity index (χ1n) is 5.18. The molecule has 0 spiro atoms. The van der Waals surface area contributed by atoms with Crippen LogP contribution >= 0.6 is 11.8 Å². The summed E-state index contributed by atoms with van der Waals surface area (Å²) in [5.74, 6) is 1.24. The van der Waals surface area contributed by atoms with E-state index in [9.17, 15) is 0 Å². The molecule has 0 saturated heterocycles. The minimum Gasteiger partial charge on any atom is -0.385 e. The van der Waals surface area contributed by atoms with E-state index in [0.29, 0.717) is 0 Å². The second kappa shape index (κ2) is 13.2. The quantitative estimate of drug-likeness (QED) is 0.534. The van der Waals surface area contributed by atoms with Crippen molar-refractivity contribution < 1.29 is 9.47 Å². The Kier molecular flexibility index (Phi) is 13.4. The van der Waals surface area contributed by atoms with E-state index >= 15 is 0 Å². The third-order valence-corrected chi connectivity index (χ3v) is 2.46. The van der Waals surface area contributed by atoms with E-state index in [4.69, 9.17) is 9.47 Å². The molecule has 0 aromatic carbocycles. The van der Waals surface area contributed by atoms with Crippen molar-refractivity contribution in [2.24, 2.45) is 0 Å². The number of hydrogen-bond donors (Lipinski definition) is 1. The molecule has 0 amide bonds. The number of rotatable bonds is 11. The molecule has 14 heavy (non-hydrogen) atoms. The largest absolute Gasteiger partial charge is 0.385 e. The zero-order valence-electron chi connectivity index (χ0n) is 9.38. The van der Waals surface area contributed by atoms with Crippen molar-refractivity contribution >= 4 is 11.8 Å². The van der Waals surface area contributed by atoms with Crippen molar-refractivity contribution in [3.05, 3.63) is 0 Å². The summed E-state index contributed by atoms with van der Waals surface area (Å²) >= 11 is 1.89. The summed E-state index contributed by atoms with van der Waals surface area (Å²) in [5, 5.41) is 3.34. The molecule has 1 N–H and O–H groups in total. The maximum Gasteiger partial charge on any atom is 0.0590 e. The summed E-state index contributed by atoms with van der Waals surface area (Å²) in [7, 11) is 1.72. The van der Waals surface area contributed by atoms with Gasteiger partial charge in [-0.25, -0.2) is 0 Å². The highest BCUT2D eigenvalue weighted by Gasteiger charge is 1.89. The number of thioether (sulfide) groups is 1. The van der Waals surface area contributed by atoms with Crippen LogP contribution in [0.25, 0.3) is 0 Å². The van der Waals surface area contributed by atoms with Crippen molar-refractivity contribution in [2.75, 3.05) is 52.0 Å².